The molecule has 0 radical (unpaired) electrons. The number of carbonyl (C=O) groups excluding carboxylic acids is 3. The fraction of sp³-hybridized carbons (Fsp3) is 0.372. The van der Waals surface area contributed by atoms with Gasteiger partial charge >= 0.3 is 11.9 Å². The van der Waals surface area contributed by atoms with Crippen LogP contribution in [0, 0.1) is 0 Å². The highest BCUT2D eigenvalue weighted by Gasteiger charge is 2.38. The van der Waals surface area contributed by atoms with Gasteiger partial charge in [-0.15, -0.1) is 0 Å². The maximum absolute atomic E-state index is 13.7. The van der Waals surface area contributed by atoms with E-state index in [9.17, 15) is 19.5 Å². The summed E-state index contributed by atoms with van der Waals surface area (Å²) in [6.45, 7) is 8.50. The first-order chi connectivity index (χ1) is 25.1. The normalized spacial score (nSPS) is 14.5. The third-order valence-electron chi connectivity index (χ3n) is 9.40. The lowest BCUT2D eigenvalue weighted by Crippen LogP contribution is -2.40. The van der Waals surface area contributed by atoms with Gasteiger partial charge in [0.25, 0.3) is 0 Å². The molecular formula is C43H48O10. The second-order valence-corrected chi connectivity index (χ2v) is 14.3. The van der Waals surface area contributed by atoms with Crippen molar-refractivity contribution in [3.8, 4) is 17.2 Å². The number of hydrogen-bond donors (Lipinski definition) is 1. The van der Waals surface area contributed by atoms with Crippen molar-refractivity contribution in [2.24, 2.45) is 0 Å². The number of Topliss-reactive ketones (excluding diaryl/α,β-unsaturated/α-hetero) is 1. The Kier molecular flexibility index (Phi) is 11.8. The van der Waals surface area contributed by atoms with Crippen molar-refractivity contribution in [1.82, 2.24) is 0 Å². The summed E-state index contributed by atoms with van der Waals surface area (Å²) in [5.74, 6) is -0.304. The lowest BCUT2D eigenvalue weighted by atomic mass is 9.85. The van der Waals surface area contributed by atoms with Crippen LogP contribution in [0.15, 0.2) is 78.9 Å². The van der Waals surface area contributed by atoms with Crippen molar-refractivity contribution < 1.29 is 47.9 Å². The molecule has 1 atom stereocenters. The number of hydrogen-bond acceptors (Lipinski definition) is 10. The quantitative estimate of drug-likeness (QED) is 0.102. The number of aliphatic hydroxyl groups is 1. The highest BCUT2D eigenvalue weighted by atomic mass is 16.5. The summed E-state index contributed by atoms with van der Waals surface area (Å²) in [6.07, 6.45) is 3.21. The van der Waals surface area contributed by atoms with Crippen LogP contribution >= 0.6 is 0 Å². The lowest BCUT2D eigenvalue weighted by molar-refractivity contribution is -0.151. The molecule has 0 amide bonds. The van der Waals surface area contributed by atoms with Gasteiger partial charge in [0.1, 0.15) is 28.3 Å². The maximum Gasteiger partial charge on any atom is 0.342 e. The van der Waals surface area contributed by atoms with Crippen molar-refractivity contribution in [3.05, 3.63) is 107 Å². The number of carbonyl (C=O) groups is 3. The summed E-state index contributed by atoms with van der Waals surface area (Å²) in [7, 11) is 4.47. The average molecular weight is 725 g/mol. The second-order valence-electron chi connectivity index (χ2n) is 14.3. The summed E-state index contributed by atoms with van der Waals surface area (Å²) in [4.78, 5) is 40.4. The predicted molar refractivity (Wildman–Crippen MR) is 201 cm³/mol. The van der Waals surface area contributed by atoms with Crippen molar-refractivity contribution in [3.63, 3.8) is 0 Å². The van der Waals surface area contributed by atoms with E-state index in [1.165, 1.54) is 7.11 Å². The van der Waals surface area contributed by atoms with Crippen LogP contribution in [0.25, 0.3) is 16.8 Å². The lowest BCUT2D eigenvalue weighted by Gasteiger charge is -2.32. The average Bonchev–Trinajstić information content (AvgIpc) is 3.34. The van der Waals surface area contributed by atoms with E-state index in [2.05, 4.69) is 0 Å². The zero-order valence-electron chi connectivity index (χ0n) is 31.6. The van der Waals surface area contributed by atoms with Gasteiger partial charge in [0, 0.05) is 18.2 Å². The van der Waals surface area contributed by atoms with Gasteiger partial charge in [-0.25, -0.2) is 4.79 Å². The molecule has 0 aliphatic carbocycles. The second kappa shape index (κ2) is 15.9. The number of ketones is 1. The van der Waals surface area contributed by atoms with Crippen LogP contribution in [-0.2, 0) is 36.0 Å². The van der Waals surface area contributed by atoms with Crippen LogP contribution in [0.5, 0.6) is 17.2 Å². The first kappa shape index (κ1) is 39.2. The van der Waals surface area contributed by atoms with Crippen LogP contribution in [0.4, 0.5) is 0 Å². The molecule has 4 aromatic rings. The third kappa shape index (κ3) is 8.62. The molecule has 4 aromatic carbocycles. The largest absolute Gasteiger partial charge is 0.497 e. The maximum atomic E-state index is 13.7. The highest BCUT2D eigenvalue weighted by Crippen LogP contribution is 2.45. The van der Waals surface area contributed by atoms with Gasteiger partial charge in [-0.3, -0.25) is 9.59 Å². The standard InChI is InChI=1S/C43H48O10/c1-27(25-41(2,3)47)53-42(4,5)36(44)21-22-37(45)52-39-34-12-10-9-11-32(34)35-26-51-43(28-13-17-30(48-6)18-14-28,29-15-19-31(49-7)20-16-29)24-23-33(35)38(39)40(46)50-8/h9-20,23-24,27,47H,21-22,25-26H2,1-8H3. The van der Waals surface area contributed by atoms with Crippen molar-refractivity contribution in [2.75, 3.05) is 21.3 Å². The van der Waals surface area contributed by atoms with Crippen molar-refractivity contribution in [2.45, 2.75) is 83.4 Å². The Balaban J connectivity index is 1.54. The van der Waals surface area contributed by atoms with Gasteiger partial charge in [-0.2, -0.15) is 0 Å². The Morgan fingerprint density at radius 3 is 1.92 bits per heavy atom. The fourth-order valence-electron chi connectivity index (χ4n) is 6.88. The van der Waals surface area contributed by atoms with Crippen molar-refractivity contribution in [1.29, 1.82) is 0 Å². The van der Waals surface area contributed by atoms with Gasteiger partial charge in [0.05, 0.1) is 46.1 Å². The zero-order valence-corrected chi connectivity index (χ0v) is 31.6. The number of rotatable bonds is 14. The topological polar surface area (TPSA) is 127 Å². The summed E-state index contributed by atoms with van der Waals surface area (Å²) in [5.41, 5.74) is -0.408. The van der Waals surface area contributed by atoms with Crippen LogP contribution in [0.2, 0.25) is 0 Å². The molecule has 10 nitrogen and oxygen atoms in total. The Hall–Kier alpha value is -5.03. The summed E-state index contributed by atoms with van der Waals surface area (Å²) < 4.78 is 35.0. The molecule has 0 saturated heterocycles. The number of ether oxygens (including phenoxy) is 6. The van der Waals surface area contributed by atoms with E-state index in [1.54, 1.807) is 61.0 Å². The molecule has 0 spiro atoms. The summed E-state index contributed by atoms with van der Waals surface area (Å²) >= 11 is 0. The van der Waals surface area contributed by atoms with Gasteiger partial charge in [0.2, 0.25) is 0 Å². The first-order valence-electron chi connectivity index (χ1n) is 17.5. The Bertz CT molecular complexity index is 1940. The van der Waals surface area contributed by atoms with E-state index in [0.29, 0.717) is 39.8 Å². The van der Waals surface area contributed by atoms with Crippen LogP contribution < -0.4 is 14.2 Å². The van der Waals surface area contributed by atoms with Gasteiger partial charge in [-0.05, 0) is 92.6 Å². The zero-order chi connectivity index (χ0) is 38.6. The molecule has 1 heterocycles. The molecule has 1 aliphatic heterocycles. The SMILES string of the molecule is COC(=O)c1c2c(c3ccccc3c1OC(=O)CCC(=O)C(C)(C)OC(C)CC(C)(C)O)COC(c1ccc(OC)cc1)(c1ccc(OC)cc1)C=C2. The molecular weight excluding hydrogens is 676 g/mol. The van der Waals surface area contributed by atoms with E-state index in [4.69, 9.17) is 28.4 Å². The van der Waals surface area contributed by atoms with E-state index >= 15 is 0 Å². The molecule has 10 heteroatoms. The molecule has 5 rings (SSSR count). The van der Waals surface area contributed by atoms with Crippen molar-refractivity contribution >= 4 is 34.6 Å². The summed E-state index contributed by atoms with van der Waals surface area (Å²) in [5, 5.41) is 11.4. The Morgan fingerprint density at radius 1 is 0.830 bits per heavy atom. The minimum absolute atomic E-state index is 0.0315. The van der Waals surface area contributed by atoms with Crippen LogP contribution in [0.1, 0.15) is 86.5 Å². The molecule has 0 fully saturated rings. The van der Waals surface area contributed by atoms with Gasteiger partial charge in [0.15, 0.2) is 11.5 Å². The molecule has 53 heavy (non-hydrogen) atoms. The van der Waals surface area contributed by atoms with E-state index in [0.717, 1.165) is 11.1 Å². The van der Waals surface area contributed by atoms with Crippen LogP contribution in [0.3, 0.4) is 0 Å². The Morgan fingerprint density at radius 2 is 1.40 bits per heavy atom. The molecule has 0 bridgehead atoms. The highest BCUT2D eigenvalue weighted by molar-refractivity contribution is 6.08. The van der Waals surface area contributed by atoms with E-state index in [-0.39, 0.29) is 36.5 Å². The molecule has 280 valence electrons. The fourth-order valence-corrected chi connectivity index (χ4v) is 6.88. The number of methoxy groups -OCH3 is 3. The number of fused-ring (bicyclic) bond motifs is 3. The minimum Gasteiger partial charge on any atom is -0.497 e. The van der Waals surface area contributed by atoms with Gasteiger partial charge < -0.3 is 33.5 Å². The van der Waals surface area contributed by atoms with Gasteiger partial charge in [-0.1, -0.05) is 54.6 Å². The van der Waals surface area contributed by atoms with Crippen LogP contribution in [-0.4, -0.2) is 61.5 Å². The summed E-state index contributed by atoms with van der Waals surface area (Å²) in [6, 6.07) is 22.5. The molecule has 1 unspecified atom stereocenters. The molecule has 1 N–H and O–H groups in total. The van der Waals surface area contributed by atoms with E-state index < -0.39 is 34.8 Å². The smallest absolute Gasteiger partial charge is 0.342 e. The Labute approximate surface area is 310 Å². The monoisotopic (exact) mass is 724 g/mol. The predicted octanol–water partition coefficient (Wildman–Crippen LogP) is 7.73. The molecule has 1 aliphatic rings. The minimum atomic E-state index is -1.20. The first-order valence-corrected chi connectivity index (χ1v) is 17.5. The molecule has 0 saturated carbocycles. The number of esters is 2. The number of benzene rings is 4. The third-order valence-corrected chi connectivity index (χ3v) is 9.40. The molecule has 0 aromatic heterocycles. The van der Waals surface area contributed by atoms with E-state index in [1.807, 2.05) is 72.8 Å².